The topological polar surface area (TPSA) is 96.8 Å². The molecule has 1 amide bonds. The predicted octanol–water partition coefficient (Wildman–Crippen LogP) is 1.21. The Balaban J connectivity index is 1.59. The molecule has 0 unspecified atom stereocenters. The van der Waals surface area contributed by atoms with Gasteiger partial charge in [0.25, 0.3) is 11.5 Å². The molecular formula is C17H24N6O2. The third-order valence-corrected chi connectivity index (χ3v) is 4.64. The highest BCUT2D eigenvalue weighted by atomic mass is 16.2. The van der Waals surface area contributed by atoms with Crippen LogP contribution in [0.25, 0.3) is 0 Å². The van der Waals surface area contributed by atoms with E-state index in [9.17, 15) is 9.59 Å². The number of rotatable bonds is 3. The van der Waals surface area contributed by atoms with Crippen LogP contribution in [-0.2, 0) is 12.0 Å². The van der Waals surface area contributed by atoms with E-state index in [0.717, 1.165) is 18.5 Å². The molecule has 0 spiro atoms. The molecule has 0 aromatic carbocycles. The van der Waals surface area contributed by atoms with E-state index in [-0.39, 0.29) is 16.9 Å². The summed E-state index contributed by atoms with van der Waals surface area (Å²) in [5.74, 6) is 0.266. The van der Waals surface area contributed by atoms with Crippen LogP contribution in [0.1, 0.15) is 49.8 Å². The van der Waals surface area contributed by atoms with Gasteiger partial charge in [0.05, 0.1) is 18.2 Å². The number of nitrogens with zero attached hydrogens (tertiary/aromatic N) is 5. The number of piperidine rings is 1. The lowest BCUT2D eigenvalue weighted by atomic mass is 9.92. The molecule has 0 atom stereocenters. The van der Waals surface area contributed by atoms with E-state index < -0.39 is 0 Å². The van der Waals surface area contributed by atoms with Crippen LogP contribution in [0.3, 0.4) is 0 Å². The molecule has 1 fully saturated rings. The predicted molar refractivity (Wildman–Crippen MR) is 92.2 cm³/mol. The Morgan fingerprint density at radius 1 is 1.32 bits per heavy atom. The van der Waals surface area contributed by atoms with Crippen LogP contribution in [0.15, 0.2) is 23.4 Å². The fourth-order valence-corrected chi connectivity index (χ4v) is 3.04. The number of hydrogen-bond acceptors (Lipinski definition) is 5. The minimum absolute atomic E-state index is 0.0129. The highest BCUT2D eigenvalue weighted by Gasteiger charge is 2.25. The second kappa shape index (κ2) is 6.78. The zero-order chi connectivity index (χ0) is 18.0. The number of aromatic amines is 1. The Labute approximate surface area is 146 Å². The quantitative estimate of drug-likeness (QED) is 0.903. The van der Waals surface area contributed by atoms with Gasteiger partial charge in [-0.25, -0.2) is 4.98 Å². The van der Waals surface area contributed by atoms with Gasteiger partial charge in [-0.05, 0) is 18.8 Å². The summed E-state index contributed by atoms with van der Waals surface area (Å²) in [5, 5.41) is 9.97. The molecule has 8 heteroatoms. The number of hydrogen-bond donors (Lipinski definition) is 1. The van der Waals surface area contributed by atoms with Crippen molar-refractivity contribution < 1.29 is 4.79 Å². The van der Waals surface area contributed by atoms with E-state index in [1.165, 1.54) is 6.20 Å². The van der Waals surface area contributed by atoms with Gasteiger partial charge in [0.15, 0.2) is 5.69 Å². The van der Waals surface area contributed by atoms with Crippen LogP contribution in [0.4, 0.5) is 0 Å². The van der Waals surface area contributed by atoms with Crippen molar-refractivity contribution in [2.75, 3.05) is 13.1 Å². The summed E-state index contributed by atoms with van der Waals surface area (Å²) in [7, 11) is 0. The molecule has 0 bridgehead atoms. The van der Waals surface area contributed by atoms with Crippen molar-refractivity contribution in [3.8, 4) is 0 Å². The zero-order valence-corrected chi connectivity index (χ0v) is 14.9. The fourth-order valence-electron chi connectivity index (χ4n) is 3.04. The first-order valence-corrected chi connectivity index (χ1v) is 8.56. The Kier molecular flexibility index (Phi) is 4.69. The zero-order valence-electron chi connectivity index (χ0n) is 14.9. The van der Waals surface area contributed by atoms with Gasteiger partial charge in [-0.3, -0.25) is 14.2 Å². The number of aromatic nitrogens is 5. The Hall–Kier alpha value is -2.51. The molecule has 0 aliphatic carbocycles. The lowest BCUT2D eigenvalue weighted by Gasteiger charge is -2.31. The van der Waals surface area contributed by atoms with Crippen LogP contribution in [-0.4, -0.2) is 48.9 Å². The number of nitrogens with one attached hydrogen (secondary N) is 1. The van der Waals surface area contributed by atoms with Gasteiger partial charge in [0.2, 0.25) is 0 Å². The molecule has 134 valence electrons. The van der Waals surface area contributed by atoms with Crippen molar-refractivity contribution in [3.05, 3.63) is 40.3 Å². The summed E-state index contributed by atoms with van der Waals surface area (Å²) in [4.78, 5) is 30.8. The van der Waals surface area contributed by atoms with E-state index in [4.69, 9.17) is 0 Å². The smallest absolute Gasteiger partial charge is 0.276 e. The molecule has 0 saturated carbocycles. The average molecular weight is 344 g/mol. The van der Waals surface area contributed by atoms with Gasteiger partial charge in [-0.2, -0.15) is 15.4 Å². The van der Waals surface area contributed by atoms with E-state index in [0.29, 0.717) is 31.2 Å². The summed E-state index contributed by atoms with van der Waals surface area (Å²) in [6, 6.07) is 1.63. The molecule has 1 N–H and O–H groups in total. The fraction of sp³-hybridized carbons (Fsp3) is 0.588. The summed E-state index contributed by atoms with van der Waals surface area (Å²) in [5.41, 5.74) is 1.00. The van der Waals surface area contributed by atoms with Crippen molar-refractivity contribution in [3.63, 3.8) is 0 Å². The van der Waals surface area contributed by atoms with Gasteiger partial charge in [-0.15, -0.1) is 0 Å². The maximum Gasteiger partial charge on any atom is 0.276 e. The van der Waals surface area contributed by atoms with Gasteiger partial charge >= 0.3 is 0 Å². The number of carbonyl (C=O) groups excluding carboxylic acids is 1. The third kappa shape index (κ3) is 3.94. The first-order chi connectivity index (χ1) is 11.8. The monoisotopic (exact) mass is 344 g/mol. The molecule has 3 heterocycles. The van der Waals surface area contributed by atoms with E-state index >= 15 is 0 Å². The molecule has 2 aromatic heterocycles. The molecular weight excluding hydrogens is 320 g/mol. The van der Waals surface area contributed by atoms with Crippen molar-refractivity contribution >= 4 is 5.91 Å². The maximum absolute atomic E-state index is 12.3. The Bertz CT molecular complexity index is 782. The normalized spacial score (nSPS) is 16.2. The molecule has 1 aliphatic rings. The summed E-state index contributed by atoms with van der Waals surface area (Å²) in [6.45, 7) is 8.10. The SMILES string of the molecule is CC(C)(C)c1cc(=O)n(CC2CCN(C(=O)c3cn[nH]n3)CC2)cn1. The van der Waals surface area contributed by atoms with Crippen molar-refractivity contribution in [2.45, 2.75) is 45.6 Å². The molecule has 25 heavy (non-hydrogen) atoms. The highest BCUT2D eigenvalue weighted by Crippen LogP contribution is 2.21. The van der Waals surface area contributed by atoms with Crippen molar-refractivity contribution in [1.82, 2.24) is 29.9 Å². The van der Waals surface area contributed by atoms with Crippen molar-refractivity contribution in [1.29, 1.82) is 0 Å². The lowest BCUT2D eigenvalue weighted by molar-refractivity contribution is 0.0676. The number of likely N-dealkylation sites (tertiary alicyclic amines) is 1. The molecule has 3 rings (SSSR count). The van der Waals surface area contributed by atoms with Crippen LogP contribution < -0.4 is 5.56 Å². The highest BCUT2D eigenvalue weighted by molar-refractivity contribution is 5.91. The molecule has 1 saturated heterocycles. The summed E-state index contributed by atoms with van der Waals surface area (Å²) in [6.07, 6.45) is 4.81. The van der Waals surface area contributed by atoms with Crippen LogP contribution in [0, 0.1) is 5.92 Å². The lowest BCUT2D eigenvalue weighted by Crippen LogP contribution is -2.40. The van der Waals surface area contributed by atoms with Crippen LogP contribution in [0.5, 0.6) is 0 Å². The minimum atomic E-state index is -0.134. The second-order valence-corrected chi connectivity index (χ2v) is 7.61. The molecule has 1 aliphatic heterocycles. The number of carbonyl (C=O) groups is 1. The number of H-pyrrole nitrogens is 1. The average Bonchev–Trinajstić information content (AvgIpc) is 3.10. The van der Waals surface area contributed by atoms with Gasteiger partial charge < -0.3 is 4.90 Å². The third-order valence-electron chi connectivity index (χ3n) is 4.64. The van der Waals surface area contributed by atoms with E-state index in [1.54, 1.807) is 21.9 Å². The Morgan fingerprint density at radius 2 is 2.04 bits per heavy atom. The molecule has 2 aromatic rings. The van der Waals surface area contributed by atoms with Crippen LogP contribution >= 0.6 is 0 Å². The molecule has 8 nitrogen and oxygen atoms in total. The second-order valence-electron chi connectivity index (χ2n) is 7.61. The summed E-state index contributed by atoms with van der Waals surface area (Å²) >= 11 is 0. The first kappa shape index (κ1) is 17.3. The standard InChI is InChI=1S/C17H24N6O2/c1-17(2,3)14-8-15(24)23(11-18-14)10-12-4-6-22(7-5-12)16(25)13-9-19-21-20-13/h8-9,11-12H,4-7,10H2,1-3H3,(H,19,20,21). The minimum Gasteiger partial charge on any atom is -0.337 e. The van der Waals surface area contributed by atoms with Gasteiger partial charge in [-0.1, -0.05) is 20.8 Å². The largest absolute Gasteiger partial charge is 0.337 e. The van der Waals surface area contributed by atoms with Crippen molar-refractivity contribution in [2.24, 2.45) is 5.92 Å². The maximum atomic E-state index is 12.3. The molecule has 0 radical (unpaired) electrons. The Morgan fingerprint density at radius 3 is 2.60 bits per heavy atom. The summed E-state index contributed by atoms with van der Waals surface area (Å²) < 4.78 is 1.68. The number of amides is 1. The first-order valence-electron chi connectivity index (χ1n) is 8.56. The van der Waals surface area contributed by atoms with Gasteiger partial charge in [0, 0.05) is 31.1 Å². The van der Waals surface area contributed by atoms with E-state index in [2.05, 4.69) is 20.4 Å². The van der Waals surface area contributed by atoms with Crippen LogP contribution in [0.2, 0.25) is 0 Å². The van der Waals surface area contributed by atoms with Gasteiger partial charge in [0.1, 0.15) is 0 Å². The van der Waals surface area contributed by atoms with E-state index in [1.807, 2.05) is 20.8 Å².